The Morgan fingerprint density at radius 3 is 2.41 bits per heavy atom. The largest absolute Gasteiger partial charge is 0.497 e. The lowest BCUT2D eigenvalue weighted by Gasteiger charge is -2.50. The number of ketones is 1. The van der Waals surface area contributed by atoms with Crippen LogP contribution in [0.1, 0.15) is 44.2 Å². The monoisotopic (exact) mass is 506 g/mol. The van der Waals surface area contributed by atoms with Gasteiger partial charge in [0, 0.05) is 11.8 Å². The summed E-state index contributed by atoms with van der Waals surface area (Å²) in [4.78, 5) is 13.7. The summed E-state index contributed by atoms with van der Waals surface area (Å²) in [6.45, 7) is 5.50. The zero-order valence-electron chi connectivity index (χ0n) is 22.1. The second-order valence-electron chi connectivity index (χ2n) is 11.5. The summed E-state index contributed by atoms with van der Waals surface area (Å²) in [6, 6.07) is 17.8. The highest BCUT2D eigenvalue weighted by Crippen LogP contribution is 2.66. The van der Waals surface area contributed by atoms with Crippen LogP contribution in [0.5, 0.6) is 5.75 Å². The Morgan fingerprint density at radius 1 is 1.03 bits per heavy atom. The van der Waals surface area contributed by atoms with Gasteiger partial charge < -0.3 is 24.1 Å². The number of ether oxygens (including phenoxy) is 4. The number of fused-ring (bicyclic) bond motifs is 2. The molecule has 4 aliphatic rings. The van der Waals surface area contributed by atoms with Crippen molar-refractivity contribution in [3.63, 3.8) is 0 Å². The number of benzene rings is 2. The average Bonchev–Trinajstić information content (AvgIpc) is 3.22. The van der Waals surface area contributed by atoms with Crippen LogP contribution in [0.25, 0.3) is 0 Å². The molecule has 2 fully saturated rings. The normalized spacial score (nSPS) is 28.5. The summed E-state index contributed by atoms with van der Waals surface area (Å²) in [5, 5.41) is 11.1. The number of carbonyl (C=O) groups excluding carboxylic acids is 1. The highest BCUT2D eigenvalue weighted by Gasteiger charge is 2.72. The van der Waals surface area contributed by atoms with E-state index in [1.165, 1.54) is 0 Å². The van der Waals surface area contributed by atoms with E-state index in [-0.39, 0.29) is 24.9 Å². The molecule has 6 heteroatoms. The molecule has 6 rings (SSSR count). The van der Waals surface area contributed by atoms with Gasteiger partial charge in [0.15, 0.2) is 0 Å². The molecule has 4 atom stereocenters. The Bertz CT molecular complexity index is 1120. The molecule has 3 aliphatic carbocycles. The summed E-state index contributed by atoms with van der Waals surface area (Å²) >= 11 is 0. The number of aliphatic hydroxyl groups is 1. The summed E-state index contributed by atoms with van der Waals surface area (Å²) in [5.74, 6) is 1.95. The number of Topliss-reactive ketones (excluding diaryl/α,β-unsaturated/α-hetero) is 1. The topological polar surface area (TPSA) is 74.2 Å². The van der Waals surface area contributed by atoms with E-state index in [9.17, 15) is 9.90 Å². The first kappa shape index (κ1) is 26.0. The molecule has 0 radical (unpaired) electrons. The minimum atomic E-state index is -0.886. The zero-order valence-corrected chi connectivity index (χ0v) is 22.1. The quantitative estimate of drug-likeness (QED) is 0.458. The number of carbonyl (C=O) groups is 1. The maximum absolute atomic E-state index is 13.7. The molecule has 1 heterocycles. The van der Waals surface area contributed by atoms with Crippen LogP contribution in [-0.2, 0) is 32.2 Å². The van der Waals surface area contributed by atoms with E-state index in [4.69, 9.17) is 18.9 Å². The molecular formula is C31H38O6. The first-order valence-electron chi connectivity index (χ1n) is 13.2. The predicted octanol–water partition coefficient (Wildman–Crippen LogP) is 5.09. The molecule has 0 aromatic heterocycles. The van der Waals surface area contributed by atoms with Crippen molar-refractivity contribution in [1.82, 2.24) is 0 Å². The summed E-state index contributed by atoms with van der Waals surface area (Å²) in [7, 11) is 1.65. The SMILES string of the molecule is COc1ccc(COCC(C)(C)[C@@H]2OC3=C[C@@H]4CC[C@]3(C(=O)C4)[C@@]2(CO)COCc2ccccc2)cc1. The van der Waals surface area contributed by atoms with Crippen LogP contribution in [0.4, 0.5) is 0 Å². The number of methoxy groups -OCH3 is 1. The standard InChI is InChI=1S/C31H38O6/c1-29(2,20-35-18-23-9-11-25(34-3)12-10-23)28-30(19-32,21-36-17-22-7-5-4-6-8-22)31-14-13-24(15-26(31)33)16-27(31)37-28/h4-12,16,24,28,32H,13-15,17-21H2,1-3H3/t24-,28+,30+,31-/m1/s1. The van der Waals surface area contributed by atoms with Gasteiger partial charge in [0.25, 0.3) is 0 Å². The lowest BCUT2D eigenvalue weighted by atomic mass is 9.49. The molecular weight excluding hydrogens is 468 g/mol. The molecule has 1 aliphatic heterocycles. The van der Waals surface area contributed by atoms with Gasteiger partial charge in [-0.15, -0.1) is 0 Å². The predicted molar refractivity (Wildman–Crippen MR) is 140 cm³/mol. The van der Waals surface area contributed by atoms with Gasteiger partial charge in [-0.3, -0.25) is 4.79 Å². The van der Waals surface area contributed by atoms with Crippen LogP contribution < -0.4 is 4.74 Å². The number of allylic oxidation sites excluding steroid dienone is 2. The summed E-state index contributed by atoms with van der Waals surface area (Å²) in [5.41, 5.74) is -0.113. The summed E-state index contributed by atoms with van der Waals surface area (Å²) in [6.07, 6.45) is 3.83. The van der Waals surface area contributed by atoms with Gasteiger partial charge in [0.1, 0.15) is 23.4 Å². The Labute approximate surface area is 219 Å². The van der Waals surface area contributed by atoms with Gasteiger partial charge in [0.2, 0.25) is 0 Å². The zero-order chi connectivity index (χ0) is 26.1. The molecule has 0 amide bonds. The third kappa shape index (κ3) is 4.49. The van der Waals surface area contributed by atoms with Crippen LogP contribution in [0, 0.1) is 22.2 Å². The maximum Gasteiger partial charge on any atom is 0.148 e. The molecule has 1 spiro atoms. The van der Waals surface area contributed by atoms with E-state index in [1.807, 2.05) is 54.6 Å². The fourth-order valence-corrected chi connectivity index (χ4v) is 6.71. The van der Waals surface area contributed by atoms with Crippen molar-refractivity contribution in [2.24, 2.45) is 22.2 Å². The fraction of sp³-hybridized carbons (Fsp3) is 0.516. The highest BCUT2D eigenvalue weighted by molar-refractivity contribution is 5.91. The maximum atomic E-state index is 13.7. The van der Waals surface area contributed by atoms with Gasteiger partial charge in [0.05, 0.1) is 51.0 Å². The lowest BCUT2D eigenvalue weighted by molar-refractivity contribution is -0.159. The first-order valence-corrected chi connectivity index (χ1v) is 13.2. The minimum absolute atomic E-state index is 0.177. The van der Waals surface area contributed by atoms with Crippen molar-refractivity contribution in [1.29, 1.82) is 0 Å². The molecule has 198 valence electrons. The van der Waals surface area contributed by atoms with Crippen molar-refractivity contribution >= 4 is 5.78 Å². The molecule has 1 N–H and O–H groups in total. The first-order chi connectivity index (χ1) is 17.8. The second-order valence-corrected chi connectivity index (χ2v) is 11.5. The Balaban J connectivity index is 1.39. The van der Waals surface area contributed by atoms with E-state index in [2.05, 4.69) is 19.9 Å². The van der Waals surface area contributed by atoms with Crippen LogP contribution in [0.3, 0.4) is 0 Å². The number of hydrogen-bond acceptors (Lipinski definition) is 6. The minimum Gasteiger partial charge on any atom is -0.497 e. The molecule has 37 heavy (non-hydrogen) atoms. The molecule has 2 aromatic carbocycles. The van der Waals surface area contributed by atoms with Crippen LogP contribution in [-0.4, -0.2) is 43.9 Å². The molecule has 1 saturated heterocycles. The molecule has 1 saturated carbocycles. The van der Waals surface area contributed by atoms with Crippen LogP contribution in [0.2, 0.25) is 0 Å². The Morgan fingerprint density at radius 2 is 1.73 bits per heavy atom. The van der Waals surface area contributed by atoms with Gasteiger partial charge in [-0.25, -0.2) is 0 Å². The molecule has 2 bridgehead atoms. The third-order valence-corrected chi connectivity index (χ3v) is 8.58. The fourth-order valence-electron chi connectivity index (χ4n) is 6.71. The van der Waals surface area contributed by atoms with E-state index in [0.717, 1.165) is 29.1 Å². The van der Waals surface area contributed by atoms with Crippen LogP contribution >= 0.6 is 0 Å². The molecule has 0 unspecified atom stereocenters. The van der Waals surface area contributed by atoms with Crippen molar-refractivity contribution in [3.8, 4) is 5.75 Å². The Kier molecular flexibility index (Phi) is 7.18. The Hall–Kier alpha value is -2.67. The van der Waals surface area contributed by atoms with E-state index < -0.39 is 22.3 Å². The van der Waals surface area contributed by atoms with E-state index in [1.54, 1.807) is 7.11 Å². The summed E-state index contributed by atoms with van der Waals surface area (Å²) < 4.78 is 24.4. The number of rotatable bonds is 11. The van der Waals surface area contributed by atoms with E-state index in [0.29, 0.717) is 32.7 Å². The lowest BCUT2D eigenvalue weighted by Crippen LogP contribution is -2.60. The van der Waals surface area contributed by atoms with Crippen molar-refractivity contribution in [3.05, 3.63) is 77.6 Å². The van der Waals surface area contributed by atoms with Gasteiger partial charge in [-0.1, -0.05) is 56.3 Å². The van der Waals surface area contributed by atoms with Gasteiger partial charge >= 0.3 is 0 Å². The molecule has 2 aromatic rings. The average molecular weight is 507 g/mol. The number of hydrogen-bond donors (Lipinski definition) is 1. The second kappa shape index (κ2) is 10.2. The van der Waals surface area contributed by atoms with Crippen molar-refractivity contribution in [2.75, 3.05) is 26.9 Å². The number of aliphatic hydroxyl groups excluding tert-OH is 1. The molecule has 6 nitrogen and oxygen atoms in total. The highest BCUT2D eigenvalue weighted by atomic mass is 16.5. The van der Waals surface area contributed by atoms with Gasteiger partial charge in [-0.2, -0.15) is 0 Å². The third-order valence-electron chi connectivity index (χ3n) is 8.58. The van der Waals surface area contributed by atoms with Crippen LogP contribution in [0.15, 0.2) is 66.4 Å². The van der Waals surface area contributed by atoms with Crippen molar-refractivity contribution < 1.29 is 28.8 Å². The van der Waals surface area contributed by atoms with E-state index >= 15 is 0 Å². The smallest absolute Gasteiger partial charge is 0.148 e. The van der Waals surface area contributed by atoms with Gasteiger partial charge in [-0.05, 0) is 48.1 Å². The van der Waals surface area contributed by atoms with Crippen molar-refractivity contribution in [2.45, 2.75) is 52.4 Å².